The van der Waals surface area contributed by atoms with Crippen LogP contribution in [0.15, 0.2) is 22.0 Å². The molecule has 0 N–H and O–H groups in total. The second kappa shape index (κ2) is 3.60. The molecule has 0 unspecified atom stereocenters. The summed E-state index contributed by atoms with van der Waals surface area (Å²) in [5, 5.41) is 12.0. The van der Waals surface area contributed by atoms with Gasteiger partial charge >= 0.3 is 0 Å². The third kappa shape index (κ3) is 1.39. The molecule has 0 atom stereocenters. The van der Waals surface area contributed by atoms with Gasteiger partial charge in [-0.2, -0.15) is 5.26 Å². The van der Waals surface area contributed by atoms with E-state index in [0.29, 0.717) is 11.3 Å². The lowest BCUT2D eigenvalue weighted by Crippen LogP contribution is -1.86. The average Bonchev–Trinajstić information content (AvgIpc) is 2.58. The van der Waals surface area contributed by atoms with Gasteiger partial charge in [0.1, 0.15) is 11.8 Å². The first-order chi connectivity index (χ1) is 6.76. The molecule has 0 spiro atoms. The molecule has 0 radical (unpaired) electrons. The largest absolute Gasteiger partial charge is 0.495 e. The van der Waals surface area contributed by atoms with Crippen LogP contribution >= 0.6 is 27.3 Å². The highest BCUT2D eigenvalue weighted by atomic mass is 79.9. The van der Waals surface area contributed by atoms with Crippen molar-refractivity contribution in [1.29, 1.82) is 5.26 Å². The van der Waals surface area contributed by atoms with Crippen molar-refractivity contribution in [2.24, 2.45) is 0 Å². The quantitative estimate of drug-likeness (QED) is 0.792. The molecule has 0 fully saturated rings. The number of nitrogens with zero attached hydrogens (tertiary/aromatic N) is 1. The molecule has 0 aliphatic carbocycles. The Morgan fingerprint density at radius 1 is 1.50 bits per heavy atom. The zero-order valence-corrected chi connectivity index (χ0v) is 9.78. The number of halogens is 1. The van der Waals surface area contributed by atoms with Crippen molar-refractivity contribution in [3.8, 4) is 11.8 Å². The van der Waals surface area contributed by atoms with Gasteiger partial charge in [0.05, 0.1) is 12.7 Å². The highest BCUT2D eigenvalue weighted by Crippen LogP contribution is 2.34. The fourth-order valence-electron chi connectivity index (χ4n) is 1.28. The molecule has 2 rings (SSSR count). The molecule has 2 aromatic rings. The van der Waals surface area contributed by atoms with Gasteiger partial charge in [0.2, 0.25) is 0 Å². The average molecular weight is 268 g/mol. The van der Waals surface area contributed by atoms with Crippen LogP contribution in [0.25, 0.3) is 10.1 Å². The maximum atomic E-state index is 8.88. The lowest BCUT2D eigenvalue weighted by Gasteiger charge is -2.02. The fourth-order valence-corrected chi connectivity index (χ4v) is 2.86. The number of nitriles is 1. The normalized spacial score (nSPS) is 10.1. The molecular formula is C10H6BrNOS. The summed E-state index contributed by atoms with van der Waals surface area (Å²) in [6.45, 7) is 0. The molecule has 0 amide bonds. The molecule has 0 aliphatic heterocycles. The van der Waals surface area contributed by atoms with Crippen molar-refractivity contribution in [1.82, 2.24) is 0 Å². The Labute approximate surface area is 93.9 Å². The summed E-state index contributed by atoms with van der Waals surface area (Å²) in [5.74, 6) is 0.624. The molecule has 1 aromatic carbocycles. The number of benzene rings is 1. The summed E-state index contributed by atoms with van der Waals surface area (Å²) in [6.07, 6.45) is 0. The third-order valence-electron chi connectivity index (χ3n) is 1.97. The molecule has 4 heteroatoms. The lowest BCUT2D eigenvalue weighted by atomic mass is 10.2. The lowest BCUT2D eigenvalue weighted by molar-refractivity contribution is 0.414. The van der Waals surface area contributed by atoms with E-state index >= 15 is 0 Å². The number of hydrogen-bond donors (Lipinski definition) is 0. The Balaban J connectivity index is 2.79. The Morgan fingerprint density at radius 3 is 2.93 bits per heavy atom. The summed E-state index contributed by atoms with van der Waals surface area (Å²) in [4.78, 5) is 0. The van der Waals surface area contributed by atoms with Crippen molar-refractivity contribution in [3.63, 3.8) is 0 Å². The minimum Gasteiger partial charge on any atom is -0.495 e. The van der Waals surface area contributed by atoms with Gasteiger partial charge in [0.15, 0.2) is 0 Å². The van der Waals surface area contributed by atoms with E-state index in [2.05, 4.69) is 22.0 Å². The van der Waals surface area contributed by atoms with Crippen molar-refractivity contribution in [2.75, 3.05) is 7.11 Å². The van der Waals surface area contributed by atoms with Crippen LogP contribution < -0.4 is 4.74 Å². The van der Waals surface area contributed by atoms with E-state index in [1.165, 1.54) is 0 Å². The third-order valence-corrected chi connectivity index (χ3v) is 3.87. The standard InChI is InChI=1S/C10H6BrNOS/c1-13-9-3-7-8(11)5-14-10(7)2-6(9)4-12/h2-3,5H,1H3. The van der Waals surface area contributed by atoms with Gasteiger partial charge < -0.3 is 4.74 Å². The molecule has 0 bridgehead atoms. The smallest absolute Gasteiger partial charge is 0.137 e. The maximum absolute atomic E-state index is 8.88. The van der Waals surface area contributed by atoms with E-state index in [4.69, 9.17) is 10.00 Å². The molecule has 0 saturated heterocycles. The van der Waals surface area contributed by atoms with Gasteiger partial charge in [-0.05, 0) is 28.1 Å². The molecule has 2 nitrogen and oxygen atoms in total. The summed E-state index contributed by atoms with van der Waals surface area (Å²) in [7, 11) is 1.57. The van der Waals surface area contributed by atoms with E-state index < -0.39 is 0 Å². The van der Waals surface area contributed by atoms with Crippen LogP contribution in [0.2, 0.25) is 0 Å². The zero-order valence-electron chi connectivity index (χ0n) is 7.37. The number of hydrogen-bond acceptors (Lipinski definition) is 3. The van der Waals surface area contributed by atoms with E-state index in [9.17, 15) is 0 Å². The minimum atomic E-state index is 0.578. The number of rotatable bonds is 1. The maximum Gasteiger partial charge on any atom is 0.137 e. The topological polar surface area (TPSA) is 33.0 Å². The summed E-state index contributed by atoms with van der Waals surface area (Å²) in [5.41, 5.74) is 0.578. The summed E-state index contributed by atoms with van der Waals surface area (Å²) in [6, 6.07) is 5.85. The molecule has 0 aliphatic rings. The molecule has 14 heavy (non-hydrogen) atoms. The van der Waals surface area contributed by atoms with Crippen molar-refractivity contribution in [2.45, 2.75) is 0 Å². The van der Waals surface area contributed by atoms with Crippen molar-refractivity contribution in [3.05, 3.63) is 27.5 Å². The van der Waals surface area contributed by atoms with Crippen LogP contribution in [0.3, 0.4) is 0 Å². The van der Waals surface area contributed by atoms with Crippen LogP contribution in [0, 0.1) is 11.3 Å². The predicted molar refractivity (Wildman–Crippen MR) is 60.8 cm³/mol. The van der Waals surface area contributed by atoms with Gasteiger partial charge in [-0.25, -0.2) is 0 Å². The summed E-state index contributed by atoms with van der Waals surface area (Å²) < 4.78 is 7.26. The van der Waals surface area contributed by atoms with E-state index in [0.717, 1.165) is 14.6 Å². The molecule has 1 heterocycles. The van der Waals surface area contributed by atoms with Crippen LogP contribution in [-0.2, 0) is 0 Å². The van der Waals surface area contributed by atoms with Gasteiger partial charge in [-0.15, -0.1) is 11.3 Å². The predicted octanol–water partition coefficient (Wildman–Crippen LogP) is 3.54. The first-order valence-electron chi connectivity index (χ1n) is 3.91. The number of ether oxygens (including phenoxy) is 1. The zero-order chi connectivity index (χ0) is 10.1. The van der Waals surface area contributed by atoms with Gasteiger partial charge in [0, 0.05) is 19.9 Å². The van der Waals surface area contributed by atoms with E-state index in [1.54, 1.807) is 18.4 Å². The highest BCUT2D eigenvalue weighted by Gasteiger charge is 2.08. The molecule has 0 saturated carbocycles. The molecule has 1 aromatic heterocycles. The van der Waals surface area contributed by atoms with Gasteiger partial charge in [0.25, 0.3) is 0 Å². The fraction of sp³-hybridized carbons (Fsp3) is 0.100. The van der Waals surface area contributed by atoms with E-state index in [1.807, 2.05) is 17.5 Å². The Hall–Kier alpha value is -1.05. The Morgan fingerprint density at radius 2 is 2.29 bits per heavy atom. The van der Waals surface area contributed by atoms with E-state index in [-0.39, 0.29) is 0 Å². The first-order valence-corrected chi connectivity index (χ1v) is 5.58. The first kappa shape index (κ1) is 9.50. The van der Waals surface area contributed by atoms with Gasteiger partial charge in [-0.1, -0.05) is 0 Å². The molecule has 70 valence electrons. The Bertz CT molecular complexity index is 527. The van der Waals surface area contributed by atoms with Crippen LogP contribution in [-0.4, -0.2) is 7.11 Å². The Kier molecular flexibility index (Phi) is 2.44. The minimum absolute atomic E-state index is 0.578. The number of thiophene rings is 1. The number of methoxy groups -OCH3 is 1. The van der Waals surface area contributed by atoms with Crippen LogP contribution in [0.5, 0.6) is 5.75 Å². The second-order valence-corrected chi connectivity index (χ2v) is 4.51. The second-order valence-electron chi connectivity index (χ2n) is 2.74. The van der Waals surface area contributed by atoms with Gasteiger partial charge in [-0.3, -0.25) is 0 Å². The summed E-state index contributed by atoms with van der Waals surface area (Å²) >= 11 is 5.06. The van der Waals surface area contributed by atoms with Crippen LogP contribution in [0.1, 0.15) is 5.56 Å². The van der Waals surface area contributed by atoms with Crippen molar-refractivity contribution >= 4 is 37.4 Å². The number of fused-ring (bicyclic) bond motifs is 1. The highest BCUT2D eigenvalue weighted by molar-refractivity contribution is 9.10. The van der Waals surface area contributed by atoms with Crippen molar-refractivity contribution < 1.29 is 4.74 Å². The molecular weight excluding hydrogens is 262 g/mol. The van der Waals surface area contributed by atoms with Crippen LogP contribution in [0.4, 0.5) is 0 Å². The monoisotopic (exact) mass is 267 g/mol. The SMILES string of the molecule is COc1cc2c(Br)csc2cc1C#N.